The van der Waals surface area contributed by atoms with Crippen LogP contribution < -0.4 is 0 Å². The molecule has 0 aliphatic heterocycles. The van der Waals surface area contributed by atoms with E-state index >= 15 is 0 Å². The Hall–Kier alpha value is -1.87. The standard InChI is InChI=1S/C16H16O2S/c1-2-18-16(17)10-6-9-15-11-14(12-19-15)13-7-4-3-5-8-13/h3-8,10-12H,2,9H2,1H3. The average Bonchev–Trinajstić information content (AvgIpc) is 2.89. The first-order chi connectivity index (χ1) is 9.29. The van der Waals surface area contributed by atoms with Crippen molar-refractivity contribution in [3.05, 3.63) is 58.8 Å². The van der Waals surface area contributed by atoms with E-state index in [4.69, 9.17) is 4.74 Å². The normalized spacial score (nSPS) is 10.8. The second-order valence-corrected chi connectivity index (χ2v) is 5.02. The van der Waals surface area contributed by atoms with Gasteiger partial charge in [0, 0.05) is 17.4 Å². The van der Waals surface area contributed by atoms with Crippen LogP contribution in [0, 0.1) is 0 Å². The lowest BCUT2D eigenvalue weighted by Gasteiger charge is -1.95. The van der Waals surface area contributed by atoms with E-state index in [9.17, 15) is 4.79 Å². The van der Waals surface area contributed by atoms with Crippen LogP contribution in [0.3, 0.4) is 0 Å². The van der Waals surface area contributed by atoms with Gasteiger partial charge in [-0.3, -0.25) is 0 Å². The maximum Gasteiger partial charge on any atom is 0.330 e. The predicted octanol–water partition coefficient (Wildman–Crippen LogP) is 4.08. The maximum absolute atomic E-state index is 11.2. The van der Waals surface area contributed by atoms with Gasteiger partial charge >= 0.3 is 5.97 Å². The fourth-order valence-corrected chi connectivity index (χ4v) is 2.60. The van der Waals surface area contributed by atoms with E-state index in [-0.39, 0.29) is 5.97 Å². The molecular formula is C16H16O2S. The molecule has 1 aromatic carbocycles. The topological polar surface area (TPSA) is 26.3 Å². The van der Waals surface area contributed by atoms with E-state index in [1.165, 1.54) is 22.1 Å². The molecule has 98 valence electrons. The molecule has 1 heterocycles. The maximum atomic E-state index is 11.2. The van der Waals surface area contributed by atoms with Crippen molar-refractivity contribution in [3.8, 4) is 11.1 Å². The zero-order valence-electron chi connectivity index (χ0n) is 10.8. The largest absolute Gasteiger partial charge is 0.463 e. The second kappa shape index (κ2) is 6.90. The molecule has 0 unspecified atom stereocenters. The number of carbonyl (C=O) groups excluding carboxylic acids is 1. The minimum atomic E-state index is -0.276. The molecule has 19 heavy (non-hydrogen) atoms. The molecule has 0 saturated carbocycles. The zero-order valence-corrected chi connectivity index (χ0v) is 11.7. The van der Waals surface area contributed by atoms with Crippen molar-refractivity contribution in [3.63, 3.8) is 0 Å². The van der Waals surface area contributed by atoms with Gasteiger partial charge in [0.05, 0.1) is 6.61 Å². The highest BCUT2D eigenvalue weighted by Gasteiger charge is 2.01. The number of carbonyl (C=O) groups is 1. The average molecular weight is 272 g/mol. The molecule has 0 atom stereocenters. The Balaban J connectivity index is 1.97. The summed E-state index contributed by atoms with van der Waals surface area (Å²) in [6.45, 7) is 2.22. The van der Waals surface area contributed by atoms with E-state index in [1.54, 1.807) is 18.3 Å². The molecule has 2 aromatic rings. The fourth-order valence-electron chi connectivity index (χ4n) is 1.73. The van der Waals surface area contributed by atoms with E-state index in [1.807, 2.05) is 24.3 Å². The smallest absolute Gasteiger partial charge is 0.330 e. The van der Waals surface area contributed by atoms with E-state index < -0.39 is 0 Å². The summed E-state index contributed by atoms with van der Waals surface area (Å²) in [5, 5.41) is 2.14. The Morgan fingerprint density at radius 2 is 2.05 bits per heavy atom. The van der Waals surface area contributed by atoms with Crippen molar-refractivity contribution in [2.75, 3.05) is 6.61 Å². The number of allylic oxidation sites excluding steroid dienone is 1. The van der Waals surface area contributed by atoms with Gasteiger partial charge in [-0.2, -0.15) is 0 Å². The molecule has 0 saturated heterocycles. The zero-order chi connectivity index (χ0) is 13.5. The van der Waals surface area contributed by atoms with Gasteiger partial charge < -0.3 is 4.74 Å². The lowest BCUT2D eigenvalue weighted by atomic mass is 10.1. The summed E-state index contributed by atoms with van der Waals surface area (Å²) in [6, 6.07) is 12.4. The summed E-state index contributed by atoms with van der Waals surface area (Å²) < 4.78 is 4.83. The number of rotatable bonds is 5. The van der Waals surface area contributed by atoms with Crippen LogP contribution in [0.1, 0.15) is 11.8 Å². The van der Waals surface area contributed by atoms with Crippen LogP contribution >= 0.6 is 11.3 Å². The second-order valence-electron chi connectivity index (χ2n) is 4.03. The number of benzene rings is 1. The van der Waals surface area contributed by atoms with Gasteiger partial charge in [0.15, 0.2) is 0 Å². The van der Waals surface area contributed by atoms with E-state index in [0.717, 1.165) is 6.42 Å². The van der Waals surface area contributed by atoms with Crippen LogP contribution in [0.15, 0.2) is 53.9 Å². The number of hydrogen-bond donors (Lipinski definition) is 0. The van der Waals surface area contributed by atoms with Crippen molar-refractivity contribution in [2.45, 2.75) is 13.3 Å². The molecule has 0 aliphatic carbocycles. The van der Waals surface area contributed by atoms with E-state index in [2.05, 4.69) is 23.6 Å². The summed E-state index contributed by atoms with van der Waals surface area (Å²) in [6.07, 6.45) is 4.10. The van der Waals surface area contributed by atoms with Crippen molar-refractivity contribution in [1.82, 2.24) is 0 Å². The highest BCUT2D eigenvalue weighted by Crippen LogP contribution is 2.25. The van der Waals surface area contributed by atoms with Gasteiger partial charge in [0.25, 0.3) is 0 Å². The minimum absolute atomic E-state index is 0.276. The molecule has 2 nitrogen and oxygen atoms in total. The third-order valence-electron chi connectivity index (χ3n) is 2.62. The molecular weight excluding hydrogens is 256 g/mol. The molecule has 0 aliphatic rings. The first kappa shape index (κ1) is 13.6. The van der Waals surface area contributed by atoms with Crippen LogP contribution in [0.4, 0.5) is 0 Å². The first-order valence-corrected chi connectivity index (χ1v) is 7.13. The van der Waals surface area contributed by atoms with Gasteiger partial charge in [0.2, 0.25) is 0 Å². The van der Waals surface area contributed by atoms with Gasteiger partial charge in [-0.05, 0) is 29.5 Å². The summed E-state index contributed by atoms with van der Waals surface area (Å²) >= 11 is 1.71. The molecule has 0 bridgehead atoms. The summed E-state index contributed by atoms with van der Waals surface area (Å²) in [4.78, 5) is 12.4. The molecule has 3 heteroatoms. The molecule has 0 fully saturated rings. The minimum Gasteiger partial charge on any atom is -0.463 e. The first-order valence-electron chi connectivity index (χ1n) is 6.25. The Kier molecular flexibility index (Phi) is 4.93. The molecule has 0 N–H and O–H groups in total. The lowest BCUT2D eigenvalue weighted by molar-refractivity contribution is -0.137. The van der Waals surface area contributed by atoms with Crippen LogP contribution in [-0.4, -0.2) is 12.6 Å². The van der Waals surface area contributed by atoms with Gasteiger partial charge in [-0.15, -0.1) is 11.3 Å². The van der Waals surface area contributed by atoms with E-state index in [0.29, 0.717) is 6.61 Å². The van der Waals surface area contributed by atoms with Crippen molar-refractivity contribution < 1.29 is 9.53 Å². The van der Waals surface area contributed by atoms with Crippen molar-refractivity contribution in [1.29, 1.82) is 0 Å². The SMILES string of the molecule is CCOC(=O)C=CCc1cc(-c2ccccc2)cs1. The lowest BCUT2D eigenvalue weighted by Crippen LogP contribution is -1.98. The predicted molar refractivity (Wildman–Crippen MR) is 79.2 cm³/mol. The Labute approximate surface area is 117 Å². The van der Waals surface area contributed by atoms with Crippen molar-refractivity contribution in [2.24, 2.45) is 0 Å². The monoisotopic (exact) mass is 272 g/mol. The summed E-state index contributed by atoms with van der Waals surface area (Å²) in [5.41, 5.74) is 2.45. The van der Waals surface area contributed by atoms with Gasteiger partial charge in [0.1, 0.15) is 0 Å². The Morgan fingerprint density at radius 3 is 2.79 bits per heavy atom. The molecule has 0 spiro atoms. The fraction of sp³-hybridized carbons (Fsp3) is 0.188. The van der Waals surface area contributed by atoms with Gasteiger partial charge in [-0.25, -0.2) is 4.79 Å². The van der Waals surface area contributed by atoms with Crippen LogP contribution in [0.5, 0.6) is 0 Å². The van der Waals surface area contributed by atoms with Crippen LogP contribution in [-0.2, 0) is 16.0 Å². The van der Waals surface area contributed by atoms with Crippen LogP contribution in [0.2, 0.25) is 0 Å². The Morgan fingerprint density at radius 1 is 1.26 bits per heavy atom. The van der Waals surface area contributed by atoms with Gasteiger partial charge in [-0.1, -0.05) is 36.4 Å². The number of ether oxygens (including phenoxy) is 1. The molecule has 1 aromatic heterocycles. The Bertz CT molecular complexity index is 555. The number of esters is 1. The molecule has 2 rings (SSSR count). The third-order valence-corrected chi connectivity index (χ3v) is 3.58. The number of thiophene rings is 1. The number of hydrogen-bond acceptors (Lipinski definition) is 3. The van der Waals surface area contributed by atoms with Crippen molar-refractivity contribution >= 4 is 17.3 Å². The molecule has 0 radical (unpaired) electrons. The highest BCUT2D eigenvalue weighted by atomic mass is 32.1. The summed E-state index contributed by atoms with van der Waals surface area (Å²) in [5.74, 6) is -0.276. The third kappa shape index (κ3) is 4.07. The van der Waals surface area contributed by atoms with Crippen LogP contribution in [0.25, 0.3) is 11.1 Å². The highest BCUT2D eigenvalue weighted by molar-refractivity contribution is 7.10. The quantitative estimate of drug-likeness (QED) is 0.605. The molecule has 0 amide bonds. The summed E-state index contributed by atoms with van der Waals surface area (Å²) in [7, 11) is 0.